The van der Waals surface area contributed by atoms with E-state index in [4.69, 9.17) is 16.3 Å². The molecule has 0 bridgehead atoms. The van der Waals surface area contributed by atoms with Crippen LogP contribution in [-0.4, -0.2) is 14.5 Å². The summed E-state index contributed by atoms with van der Waals surface area (Å²) in [4.78, 5) is 8.01. The molecule has 2 N–H and O–H groups in total. The molecule has 0 aliphatic heterocycles. The van der Waals surface area contributed by atoms with Crippen molar-refractivity contribution in [2.45, 2.75) is 6.54 Å². The highest BCUT2D eigenvalue weighted by Gasteiger charge is 2.14. The van der Waals surface area contributed by atoms with Crippen LogP contribution in [0.3, 0.4) is 0 Å². The monoisotopic (exact) mass is 224 g/mol. The predicted molar refractivity (Wildman–Crippen MR) is 58.7 cm³/mol. The maximum Gasteiger partial charge on any atom is 0.177 e. The van der Waals surface area contributed by atoms with Crippen LogP contribution in [0.2, 0.25) is 0 Å². The van der Waals surface area contributed by atoms with Crippen molar-refractivity contribution in [2.24, 2.45) is 5.73 Å². The number of pyridine rings is 1. The molecule has 6 heteroatoms. The Labute approximate surface area is 97.6 Å². The summed E-state index contributed by atoms with van der Waals surface area (Å²) in [6.45, 7) is 0.300. The van der Waals surface area contributed by atoms with E-state index in [1.807, 2.05) is 18.2 Å². The molecule has 2 aromatic heterocycles. The van der Waals surface area contributed by atoms with Crippen molar-refractivity contribution < 1.29 is 0 Å². The van der Waals surface area contributed by atoms with Crippen LogP contribution in [0.1, 0.15) is 17.0 Å². The number of nitriles is 2. The smallest absolute Gasteiger partial charge is 0.177 e. The summed E-state index contributed by atoms with van der Waals surface area (Å²) in [6.07, 6.45) is 3.00. The molecule has 0 amide bonds. The molecule has 0 unspecified atom stereocenters. The van der Waals surface area contributed by atoms with E-state index in [9.17, 15) is 0 Å². The molecule has 0 fully saturated rings. The van der Waals surface area contributed by atoms with Gasteiger partial charge in [-0.15, -0.1) is 0 Å². The first kappa shape index (κ1) is 10.8. The Kier molecular flexibility index (Phi) is 2.82. The number of hydrogen-bond donors (Lipinski definition) is 1. The first-order valence-electron chi connectivity index (χ1n) is 4.83. The molecule has 2 rings (SSSR count). The normalized spacial score (nSPS) is 9.59. The number of nitrogens with zero attached hydrogens (tertiary/aromatic N) is 5. The molecule has 82 valence electrons. The number of nitrogens with two attached hydrogens (primary N) is 1. The summed E-state index contributed by atoms with van der Waals surface area (Å²) in [5.41, 5.74) is 6.63. The van der Waals surface area contributed by atoms with Gasteiger partial charge in [0.25, 0.3) is 0 Å². The van der Waals surface area contributed by atoms with E-state index < -0.39 is 0 Å². The van der Waals surface area contributed by atoms with Crippen LogP contribution >= 0.6 is 0 Å². The maximum atomic E-state index is 9.02. The van der Waals surface area contributed by atoms with Gasteiger partial charge in [0.1, 0.15) is 24.3 Å². The quantitative estimate of drug-likeness (QED) is 0.798. The van der Waals surface area contributed by atoms with Crippen LogP contribution in [-0.2, 0) is 6.54 Å². The van der Waals surface area contributed by atoms with Crippen molar-refractivity contribution in [1.29, 1.82) is 10.5 Å². The third kappa shape index (κ3) is 1.73. The fourth-order valence-corrected chi connectivity index (χ4v) is 1.50. The summed E-state index contributed by atoms with van der Waals surface area (Å²) in [5, 5.41) is 17.8. The topological polar surface area (TPSA) is 104 Å². The minimum absolute atomic E-state index is 0.0844. The van der Waals surface area contributed by atoms with Gasteiger partial charge in [0.05, 0.1) is 0 Å². The van der Waals surface area contributed by atoms with Gasteiger partial charge in [-0.05, 0) is 6.07 Å². The van der Waals surface area contributed by atoms with Crippen molar-refractivity contribution in [3.63, 3.8) is 0 Å². The van der Waals surface area contributed by atoms with Gasteiger partial charge in [-0.1, -0.05) is 6.07 Å². The lowest BCUT2D eigenvalue weighted by Crippen LogP contribution is -2.07. The number of rotatable bonds is 2. The van der Waals surface area contributed by atoms with Crippen LogP contribution in [0, 0.1) is 22.7 Å². The summed E-state index contributed by atoms with van der Waals surface area (Å²) in [5.74, 6) is 0.528. The zero-order valence-electron chi connectivity index (χ0n) is 8.83. The molecule has 0 saturated heterocycles. The molecule has 0 spiro atoms. The molecule has 6 nitrogen and oxygen atoms in total. The van der Waals surface area contributed by atoms with Gasteiger partial charge in [0, 0.05) is 18.3 Å². The summed E-state index contributed by atoms with van der Waals surface area (Å²) in [6, 6.07) is 7.38. The lowest BCUT2D eigenvalue weighted by atomic mass is 10.2. The molecule has 0 saturated carbocycles. The van der Waals surface area contributed by atoms with Gasteiger partial charge in [-0.25, -0.2) is 9.97 Å². The van der Waals surface area contributed by atoms with E-state index in [1.165, 1.54) is 10.9 Å². The molecule has 0 aromatic carbocycles. The molecule has 0 atom stereocenters. The van der Waals surface area contributed by atoms with Gasteiger partial charge in [-0.2, -0.15) is 10.5 Å². The van der Waals surface area contributed by atoms with Crippen molar-refractivity contribution >= 4 is 0 Å². The number of aromatic nitrogens is 3. The molecule has 2 heterocycles. The third-order valence-electron chi connectivity index (χ3n) is 2.29. The zero-order valence-corrected chi connectivity index (χ0v) is 8.83. The highest BCUT2D eigenvalue weighted by molar-refractivity contribution is 5.44. The number of imidazole rings is 1. The lowest BCUT2D eigenvalue weighted by Gasteiger charge is -2.07. The lowest BCUT2D eigenvalue weighted by molar-refractivity contribution is 0.922. The van der Waals surface area contributed by atoms with E-state index in [0.29, 0.717) is 12.4 Å². The first-order valence-corrected chi connectivity index (χ1v) is 4.83. The second-order valence-electron chi connectivity index (χ2n) is 3.23. The standard InChI is InChI=1S/C11H8N6/c12-4-8-2-1-3-15-11(8)17-7-16-9(5-13)10(17)6-14/h1-3,7H,4,12H2. The van der Waals surface area contributed by atoms with E-state index >= 15 is 0 Å². The summed E-state index contributed by atoms with van der Waals surface area (Å²) < 4.78 is 1.47. The van der Waals surface area contributed by atoms with Crippen molar-refractivity contribution in [3.8, 4) is 18.0 Å². The third-order valence-corrected chi connectivity index (χ3v) is 2.29. The van der Waals surface area contributed by atoms with Crippen LogP contribution in [0.4, 0.5) is 0 Å². The Morgan fingerprint density at radius 1 is 1.29 bits per heavy atom. The molecule has 0 radical (unpaired) electrons. The Morgan fingerprint density at radius 2 is 2.12 bits per heavy atom. The van der Waals surface area contributed by atoms with Crippen molar-refractivity contribution in [3.05, 3.63) is 41.6 Å². The van der Waals surface area contributed by atoms with Crippen LogP contribution in [0.15, 0.2) is 24.7 Å². The minimum Gasteiger partial charge on any atom is -0.326 e. The average molecular weight is 224 g/mol. The Hall–Kier alpha value is -2.70. The molecular weight excluding hydrogens is 216 g/mol. The maximum absolute atomic E-state index is 9.02. The van der Waals surface area contributed by atoms with E-state index in [2.05, 4.69) is 9.97 Å². The fourth-order valence-electron chi connectivity index (χ4n) is 1.50. The highest BCUT2D eigenvalue weighted by Crippen LogP contribution is 2.15. The Balaban J connectivity index is 2.66. The van der Waals surface area contributed by atoms with Crippen LogP contribution in [0.5, 0.6) is 0 Å². The van der Waals surface area contributed by atoms with E-state index in [0.717, 1.165) is 5.56 Å². The SMILES string of the molecule is N#Cc1ncn(-c2ncccc2CN)c1C#N. The summed E-state index contributed by atoms with van der Waals surface area (Å²) in [7, 11) is 0. The number of hydrogen-bond acceptors (Lipinski definition) is 5. The zero-order chi connectivity index (χ0) is 12.3. The largest absolute Gasteiger partial charge is 0.326 e. The molecule has 0 aliphatic carbocycles. The average Bonchev–Trinajstić information content (AvgIpc) is 2.81. The van der Waals surface area contributed by atoms with Gasteiger partial charge in [0.15, 0.2) is 11.4 Å². The highest BCUT2D eigenvalue weighted by atomic mass is 15.1. The molecule has 17 heavy (non-hydrogen) atoms. The van der Waals surface area contributed by atoms with E-state index in [1.54, 1.807) is 12.3 Å². The Bertz CT molecular complexity index is 628. The van der Waals surface area contributed by atoms with Crippen LogP contribution in [0.25, 0.3) is 5.82 Å². The predicted octanol–water partition coefficient (Wildman–Crippen LogP) is 0.469. The van der Waals surface area contributed by atoms with Crippen molar-refractivity contribution in [2.75, 3.05) is 0 Å². The van der Waals surface area contributed by atoms with Gasteiger partial charge >= 0.3 is 0 Å². The molecule has 2 aromatic rings. The minimum atomic E-state index is 0.0844. The second kappa shape index (κ2) is 4.44. The fraction of sp³-hybridized carbons (Fsp3) is 0.0909. The summed E-state index contributed by atoms with van der Waals surface area (Å²) >= 11 is 0. The van der Waals surface area contributed by atoms with Gasteiger partial charge in [0.2, 0.25) is 0 Å². The first-order chi connectivity index (χ1) is 8.31. The molecule has 0 aliphatic rings. The van der Waals surface area contributed by atoms with Crippen LogP contribution < -0.4 is 5.73 Å². The Morgan fingerprint density at radius 3 is 2.76 bits per heavy atom. The second-order valence-corrected chi connectivity index (χ2v) is 3.23. The molecular formula is C11H8N6. The van der Waals surface area contributed by atoms with Crippen molar-refractivity contribution in [1.82, 2.24) is 14.5 Å². The van der Waals surface area contributed by atoms with Gasteiger partial charge < -0.3 is 5.73 Å². The van der Waals surface area contributed by atoms with Gasteiger partial charge in [-0.3, -0.25) is 4.57 Å². The van der Waals surface area contributed by atoms with E-state index in [-0.39, 0.29) is 11.4 Å².